The minimum Gasteiger partial charge on any atom is -0.382 e. The van der Waals surface area contributed by atoms with Crippen LogP contribution in [0.4, 0.5) is 0 Å². The normalized spacial score (nSPS) is 30.7. The van der Waals surface area contributed by atoms with Crippen molar-refractivity contribution in [3.8, 4) is 0 Å². The van der Waals surface area contributed by atoms with Crippen molar-refractivity contribution >= 4 is 5.91 Å². The van der Waals surface area contributed by atoms with Crippen LogP contribution in [0.2, 0.25) is 0 Å². The van der Waals surface area contributed by atoms with Crippen LogP contribution in [-0.2, 0) is 9.53 Å². The van der Waals surface area contributed by atoms with Crippen molar-refractivity contribution in [3.05, 3.63) is 0 Å². The lowest BCUT2D eigenvalue weighted by atomic mass is 9.84. The summed E-state index contributed by atoms with van der Waals surface area (Å²) in [5.74, 6) is 0.107. The van der Waals surface area contributed by atoms with E-state index in [1.165, 1.54) is 0 Å². The number of hydrogen-bond acceptors (Lipinski definition) is 3. The Bertz CT molecular complexity index is 221. The van der Waals surface area contributed by atoms with E-state index in [2.05, 4.69) is 5.32 Å². The maximum atomic E-state index is 11.5. The standard InChI is InChI=1S/C11H22N2O2/c1-3-15-8-6-9-5-4-7-11(9,13-2)10(12)14/h9,13H,3-8H2,1-2H3,(H2,12,14). The molecule has 0 aromatic carbocycles. The molecule has 1 saturated carbocycles. The van der Waals surface area contributed by atoms with Gasteiger partial charge in [-0.25, -0.2) is 0 Å². The first-order valence-corrected chi connectivity index (χ1v) is 5.74. The number of likely N-dealkylation sites (N-methyl/N-ethyl adjacent to an activating group) is 1. The van der Waals surface area contributed by atoms with E-state index >= 15 is 0 Å². The summed E-state index contributed by atoms with van der Waals surface area (Å²) in [6.07, 6.45) is 3.91. The second kappa shape index (κ2) is 5.47. The van der Waals surface area contributed by atoms with Gasteiger partial charge in [0.1, 0.15) is 5.54 Å². The predicted octanol–water partition coefficient (Wildman–Crippen LogP) is 0.657. The van der Waals surface area contributed by atoms with E-state index in [1.807, 2.05) is 14.0 Å². The first-order chi connectivity index (χ1) is 7.17. The molecule has 1 rings (SSSR count). The third kappa shape index (κ3) is 2.49. The number of nitrogens with two attached hydrogens (primary N) is 1. The van der Waals surface area contributed by atoms with Crippen LogP contribution in [0, 0.1) is 5.92 Å². The Hall–Kier alpha value is -0.610. The monoisotopic (exact) mass is 214 g/mol. The van der Waals surface area contributed by atoms with Gasteiger partial charge in [-0.15, -0.1) is 0 Å². The third-order valence-corrected chi connectivity index (χ3v) is 3.52. The summed E-state index contributed by atoms with van der Waals surface area (Å²) < 4.78 is 5.33. The van der Waals surface area contributed by atoms with Crippen LogP contribution in [0.15, 0.2) is 0 Å². The van der Waals surface area contributed by atoms with Crippen LogP contribution in [0.3, 0.4) is 0 Å². The van der Waals surface area contributed by atoms with Crippen molar-refractivity contribution in [2.24, 2.45) is 11.7 Å². The molecule has 0 aliphatic heterocycles. The summed E-state index contributed by atoms with van der Waals surface area (Å²) in [7, 11) is 1.82. The lowest BCUT2D eigenvalue weighted by Crippen LogP contribution is -2.56. The zero-order chi connectivity index (χ0) is 11.3. The smallest absolute Gasteiger partial charge is 0.238 e. The molecule has 2 unspecified atom stereocenters. The molecule has 4 nitrogen and oxygen atoms in total. The fourth-order valence-corrected chi connectivity index (χ4v) is 2.62. The molecule has 1 amide bonds. The molecule has 88 valence electrons. The van der Waals surface area contributed by atoms with E-state index in [9.17, 15) is 4.79 Å². The summed E-state index contributed by atoms with van der Waals surface area (Å²) in [6, 6.07) is 0. The topological polar surface area (TPSA) is 64.3 Å². The molecule has 1 aliphatic carbocycles. The third-order valence-electron chi connectivity index (χ3n) is 3.52. The summed E-state index contributed by atoms with van der Waals surface area (Å²) in [5.41, 5.74) is 5.01. The van der Waals surface area contributed by atoms with Crippen molar-refractivity contribution in [1.29, 1.82) is 0 Å². The fraction of sp³-hybridized carbons (Fsp3) is 0.909. The number of primary amides is 1. The van der Waals surface area contributed by atoms with E-state index in [-0.39, 0.29) is 5.91 Å². The van der Waals surface area contributed by atoms with E-state index in [0.717, 1.165) is 38.9 Å². The molecule has 0 aromatic heterocycles. The number of ether oxygens (including phenoxy) is 1. The van der Waals surface area contributed by atoms with Gasteiger partial charge in [0, 0.05) is 13.2 Å². The Balaban J connectivity index is 2.57. The molecule has 0 saturated heterocycles. The van der Waals surface area contributed by atoms with Gasteiger partial charge in [0.2, 0.25) is 5.91 Å². The zero-order valence-electron chi connectivity index (χ0n) is 9.71. The van der Waals surface area contributed by atoms with Gasteiger partial charge in [0.15, 0.2) is 0 Å². The first kappa shape index (κ1) is 12.5. The average Bonchev–Trinajstić information content (AvgIpc) is 2.62. The maximum Gasteiger partial charge on any atom is 0.238 e. The molecule has 0 aromatic rings. The molecule has 0 radical (unpaired) electrons. The van der Waals surface area contributed by atoms with E-state index in [0.29, 0.717) is 5.92 Å². The highest BCUT2D eigenvalue weighted by Crippen LogP contribution is 2.37. The van der Waals surface area contributed by atoms with E-state index in [4.69, 9.17) is 10.5 Å². The van der Waals surface area contributed by atoms with Crippen molar-refractivity contribution < 1.29 is 9.53 Å². The van der Waals surface area contributed by atoms with Crippen LogP contribution >= 0.6 is 0 Å². The van der Waals surface area contributed by atoms with Crippen molar-refractivity contribution in [2.45, 2.75) is 38.1 Å². The van der Waals surface area contributed by atoms with Gasteiger partial charge in [-0.3, -0.25) is 4.79 Å². The van der Waals surface area contributed by atoms with E-state index < -0.39 is 5.54 Å². The Morgan fingerprint density at radius 2 is 2.40 bits per heavy atom. The van der Waals surface area contributed by atoms with Crippen molar-refractivity contribution in [2.75, 3.05) is 20.3 Å². The second-order valence-electron chi connectivity index (χ2n) is 4.16. The van der Waals surface area contributed by atoms with Gasteiger partial charge in [-0.05, 0) is 39.2 Å². The van der Waals surface area contributed by atoms with Gasteiger partial charge < -0.3 is 15.8 Å². The van der Waals surface area contributed by atoms with Crippen LogP contribution in [0.5, 0.6) is 0 Å². The number of amides is 1. The highest BCUT2D eigenvalue weighted by molar-refractivity contribution is 5.85. The molecule has 1 fully saturated rings. The van der Waals surface area contributed by atoms with Crippen molar-refractivity contribution in [3.63, 3.8) is 0 Å². The predicted molar refractivity (Wildman–Crippen MR) is 59.4 cm³/mol. The molecular formula is C11H22N2O2. The molecule has 15 heavy (non-hydrogen) atoms. The average molecular weight is 214 g/mol. The quantitative estimate of drug-likeness (QED) is 0.638. The van der Waals surface area contributed by atoms with Crippen LogP contribution in [0.25, 0.3) is 0 Å². The number of carbonyl (C=O) groups excluding carboxylic acids is 1. The Morgan fingerprint density at radius 1 is 1.67 bits per heavy atom. The first-order valence-electron chi connectivity index (χ1n) is 5.74. The number of nitrogens with one attached hydrogen (secondary N) is 1. The summed E-state index contributed by atoms with van der Waals surface area (Å²) in [4.78, 5) is 11.5. The minimum absolute atomic E-state index is 0.219. The Labute approximate surface area is 91.5 Å². The minimum atomic E-state index is -0.489. The summed E-state index contributed by atoms with van der Waals surface area (Å²) in [5, 5.41) is 3.12. The van der Waals surface area contributed by atoms with Gasteiger partial charge in [0.05, 0.1) is 0 Å². The molecular weight excluding hydrogens is 192 g/mol. The molecule has 2 atom stereocenters. The molecule has 0 bridgehead atoms. The number of carbonyl (C=O) groups is 1. The number of rotatable bonds is 6. The molecule has 4 heteroatoms. The van der Waals surface area contributed by atoms with Gasteiger partial charge in [-0.1, -0.05) is 6.42 Å². The molecule has 0 spiro atoms. The van der Waals surface area contributed by atoms with Gasteiger partial charge in [0.25, 0.3) is 0 Å². The van der Waals surface area contributed by atoms with E-state index in [1.54, 1.807) is 0 Å². The lowest BCUT2D eigenvalue weighted by Gasteiger charge is -2.32. The highest BCUT2D eigenvalue weighted by atomic mass is 16.5. The van der Waals surface area contributed by atoms with Gasteiger partial charge in [-0.2, -0.15) is 0 Å². The zero-order valence-corrected chi connectivity index (χ0v) is 9.71. The summed E-state index contributed by atoms with van der Waals surface area (Å²) >= 11 is 0. The van der Waals surface area contributed by atoms with Crippen molar-refractivity contribution in [1.82, 2.24) is 5.32 Å². The maximum absolute atomic E-state index is 11.5. The molecule has 3 N–H and O–H groups in total. The van der Waals surface area contributed by atoms with Gasteiger partial charge >= 0.3 is 0 Å². The molecule has 1 aliphatic rings. The fourth-order valence-electron chi connectivity index (χ4n) is 2.62. The number of hydrogen-bond donors (Lipinski definition) is 2. The van der Waals surface area contributed by atoms with Crippen LogP contribution in [0.1, 0.15) is 32.6 Å². The molecule has 0 heterocycles. The van der Waals surface area contributed by atoms with Crippen LogP contribution < -0.4 is 11.1 Å². The SMILES string of the molecule is CCOCCC1CCCC1(NC)C(N)=O. The highest BCUT2D eigenvalue weighted by Gasteiger charge is 2.45. The Morgan fingerprint density at radius 3 is 2.93 bits per heavy atom. The van der Waals surface area contributed by atoms with Crippen LogP contribution in [-0.4, -0.2) is 31.7 Å². The Kier molecular flexibility index (Phi) is 4.54. The largest absolute Gasteiger partial charge is 0.382 e. The second-order valence-corrected chi connectivity index (χ2v) is 4.16. The summed E-state index contributed by atoms with van der Waals surface area (Å²) in [6.45, 7) is 3.43. The lowest BCUT2D eigenvalue weighted by molar-refractivity contribution is -0.125.